The third-order valence-electron chi connectivity index (χ3n) is 2.58. The number of nitrogens with one attached hydrogen (secondary N) is 1. The smallest absolute Gasteiger partial charge is 0.160 e. The molecule has 0 spiro atoms. The minimum Gasteiger partial charge on any atom is -0.317 e. The summed E-state index contributed by atoms with van der Waals surface area (Å²) in [6.45, 7) is 3.67. The first-order valence-corrected chi connectivity index (χ1v) is 4.33. The van der Waals surface area contributed by atoms with Crippen LogP contribution in [0.5, 0.6) is 0 Å². The second-order valence-corrected chi connectivity index (χ2v) is 3.42. The van der Waals surface area contributed by atoms with Crippen LogP contribution < -0.4 is 5.32 Å². The van der Waals surface area contributed by atoms with E-state index in [1.165, 1.54) is 12.8 Å². The van der Waals surface area contributed by atoms with Gasteiger partial charge in [0.1, 0.15) is 0 Å². The second-order valence-electron chi connectivity index (χ2n) is 3.42. The lowest BCUT2D eigenvalue weighted by molar-refractivity contribution is -0.131. The van der Waals surface area contributed by atoms with Gasteiger partial charge in [-0.1, -0.05) is 0 Å². The summed E-state index contributed by atoms with van der Waals surface area (Å²) in [5, 5.41) is 3.32. The van der Waals surface area contributed by atoms with Crippen molar-refractivity contribution in [3.8, 4) is 0 Å². The predicted molar refractivity (Wildman–Crippen MR) is 49.7 cm³/mol. The zero-order valence-corrected chi connectivity index (χ0v) is 7.90. The normalized spacial score (nSPS) is 26.2. The minimum absolute atomic E-state index is 0. The van der Waals surface area contributed by atoms with Crippen molar-refractivity contribution in [3.63, 3.8) is 0 Å². The van der Waals surface area contributed by atoms with Gasteiger partial charge in [0.2, 0.25) is 0 Å². The molecule has 12 heavy (non-hydrogen) atoms. The maximum Gasteiger partial charge on any atom is 0.160 e. The van der Waals surface area contributed by atoms with Crippen molar-refractivity contribution >= 4 is 18.2 Å². The topological polar surface area (TPSA) is 32.3 Å². The Morgan fingerprint density at radius 1 is 1.25 bits per heavy atom. The molecule has 1 N–H and O–H groups in total. The Bertz CT molecular complexity index is 160. The standard InChI is InChI=1S/C8H14N2O.ClH/c11-8-5-10(6-8)7-1-3-9-4-2-7;/h7,9H,1-6H2;1H. The fourth-order valence-electron chi connectivity index (χ4n) is 1.84. The first kappa shape index (κ1) is 9.96. The van der Waals surface area contributed by atoms with Gasteiger partial charge in [-0.15, -0.1) is 12.4 Å². The van der Waals surface area contributed by atoms with Gasteiger partial charge in [0.15, 0.2) is 5.78 Å². The van der Waals surface area contributed by atoms with E-state index in [1.54, 1.807) is 0 Å². The highest BCUT2D eigenvalue weighted by atomic mass is 35.5. The summed E-state index contributed by atoms with van der Waals surface area (Å²) in [5.74, 6) is 0.406. The number of ketones is 1. The van der Waals surface area contributed by atoms with Gasteiger partial charge in [0.05, 0.1) is 13.1 Å². The van der Waals surface area contributed by atoms with E-state index in [0.29, 0.717) is 24.9 Å². The number of piperidine rings is 1. The highest BCUT2D eigenvalue weighted by Crippen LogP contribution is 2.15. The molecule has 0 radical (unpaired) electrons. The van der Waals surface area contributed by atoms with Gasteiger partial charge in [-0.3, -0.25) is 9.69 Å². The van der Waals surface area contributed by atoms with Gasteiger partial charge < -0.3 is 5.32 Å². The molecule has 0 bridgehead atoms. The van der Waals surface area contributed by atoms with Gasteiger partial charge in [-0.2, -0.15) is 0 Å². The Labute approximate surface area is 78.9 Å². The molecule has 0 saturated carbocycles. The number of hydrogen-bond donors (Lipinski definition) is 1. The number of hydrogen-bond acceptors (Lipinski definition) is 3. The van der Waals surface area contributed by atoms with Crippen molar-refractivity contribution in [1.82, 2.24) is 10.2 Å². The largest absolute Gasteiger partial charge is 0.317 e. The van der Waals surface area contributed by atoms with Crippen LogP contribution in [0, 0.1) is 0 Å². The van der Waals surface area contributed by atoms with Crippen LogP contribution in [0.1, 0.15) is 12.8 Å². The molecule has 0 aromatic carbocycles. The summed E-state index contributed by atoms with van der Waals surface area (Å²) in [5.41, 5.74) is 0. The predicted octanol–water partition coefficient (Wildman–Crippen LogP) is 0.0449. The highest BCUT2D eigenvalue weighted by molar-refractivity contribution is 5.87. The Balaban J connectivity index is 0.000000720. The lowest BCUT2D eigenvalue weighted by Gasteiger charge is -2.39. The van der Waals surface area contributed by atoms with Gasteiger partial charge >= 0.3 is 0 Å². The SMILES string of the molecule is Cl.O=C1CN(C2CCNCC2)C1. The average molecular weight is 191 g/mol. The van der Waals surface area contributed by atoms with E-state index in [4.69, 9.17) is 0 Å². The van der Waals surface area contributed by atoms with Crippen molar-refractivity contribution in [3.05, 3.63) is 0 Å². The lowest BCUT2D eigenvalue weighted by Crippen LogP contribution is -2.55. The van der Waals surface area contributed by atoms with Gasteiger partial charge in [0, 0.05) is 6.04 Å². The van der Waals surface area contributed by atoms with E-state index in [0.717, 1.165) is 13.1 Å². The molecule has 2 saturated heterocycles. The number of carbonyl (C=O) groups is 1. The molecule has 0 unspecified atom stereocenters. The van der Waals surface area contributed by atoms with Crippen LogP contribution in [0.2, 0.25) is 0 Å². The fourth-order valence-corrected chi connectivity index (χ4v) is 1.84. The Morgan fingerprint density at radius 2 is 1.83 bits per heavy atom. The van der Waals surface area contributed by atoms with Crippen LogP contribution in [0.25, 0.3) is 0 Å². The summed E-state index contributed by atoms with van der Waals surface area (Å²) in [7, 11) is 0. The van der Waals surface area contributed by atoms with E-state index < -0.39 is 0 Å². The fraction of sp³-hybridized carbons (Fsp3) is 0.875. The van der Waals surface area contributed by atoms with Crippen LogP contribution in [-0.4, -0.2) is 42.9 Å². The van der Waals surface area contributed by atoms with Crippen molar-refractivity contribution in [2.45, 2.75) is 18.9 Å². The quantitative estimate of drug-likeness (QED) is 0.634. The molecule has 0 atom stereocenters. The number of rotatable bonds is 1. The van der Waals surface area contributed by atoms with Crippen LogP contribution in [0.4, 0.5) is 0 Å². The number of Topliss-reactive ketones (excluding diaryl/α,β-unsaturated/α-hetero) is 1. The second kappa shape index (κ2) is 4.21. The molecule has 2 rings (SSSR count). The molecule has 0 aliphatic carbocycles. The summed E-state index contributed by atoms with van der Waals surface area (Å²) in [6, 6.07) is 0.689. The van der Waals surface area contributed by atoms with E-state index in [2.05, 4.69) is 10.2 Å². The highest BCUT2D eigenvalue weighted by Gasteiger charge is 2.30. The van der Waals surface area contributed by atoms with Crippen LogP contribution >= 0.6 is 12.4 Å². The van der Waals surface area contributed by atoms with E-state index in [1.807, 2.05) is 0 Å². The van der Waals surface area contributed by atoms with E-state index >= 15 is 0 Å². The Hall–Kier alpha value is -0.120. The summed E-state index contributed by atoms with van der Waals surface area (Å²) in [4.78, 5) is 13.0. The maximum atomic E-state index is 10.7. The molecule has 2 heterocycles. The van der Waals surface area contributed by atoms with Crippen LogP contribution in [0.15, 0.2) is 0 Å². The molecule has 0 aromatic heterocycles. The van der Waals surface area contributed by atoms with Crippen molar-refractivity contribution < 1.29 is 4.79 Å². The zero-order chi connectivity index (χ0) is 7.68. The number of likely N-dealkylation sites (tertiary alicyclic amines) is 1. The Kier molecular flexibility index (Phi) is 3.50. The maximum absolute atomic E-state index is 10.7. The first-order chi connectivity index (χ1) is 5.36. The zero-order valence-electron chi connectivity index (χ0n) is 7.08. The third kappa shape index (κ3) is 1.97. The van der Waals surface area contributed by atoms with E-state index in [-0.39, 0.29) is 12.4 Å². The molecule has 4 heteroatoms. The first-order valence-electron chi connectivity index (χ1n) is 4.33. The average Bonchev–Trinajstić information content (AvgIpc) is 2.01. The number of nitrogens with zero attached hydrogens (tertiary/aromatic N) is 1. The molecular weight excluding hydrogens is 176 g/mol. The summed E-state index contributed by atoms with van der Waals surface area (Å²) in [6.07, 6.45) is 2.43. The van der Waals surface area contributed by atoms with Crippen molar-refractivity contribution in [2.75, 3.05) is 26.2 Å². The van der Waals surface area contributed by atoms with Gasteiger partial charge in [-0.25, -0.2) is 0 Å². The molecule has 70 valence electrons. The molecular formula is C8H15ClN2O. The third-order valence-corrected chi connectivity index (χ3v) is 2.58. The minimum atomic E-state index is 0. The summed E-state index contributed by atoms with van der Waals surface area (Å²) >= 11 is 0. The number of halogens is 1. The van der Waals surface area contributed by atoms with Crippen LogP contribution in [-0.2, 0) is 4.79 Å². The van der Waals surface area contributed by atoms with Crippen molar-refractivity contribution in [2.24, 2.45) is 0 Å². The molecule has 2 aliphatic heterocycles. The lowest BCUT2D eigenvalue weighted by atomic mass is 10.0. The molecule has 2 aliphatic rings. The van der Waals surface area contributed by atoms with Crippen LogP contribution in [0.3, 0.4) is 0 Å². The summed E-state index contributed by atoms with van der Waals surface area (Å²) < 4.78 is 0. The molecule has 2 fully saturated rings. The van der Waals surface area contributed by atoms with E-state index in [9.17, 15) is 4.79 Å². The molecule has 3 nitrogen and oxygen atoms in total. The monoisotopic (exact) mass is 190 g/mol. The van der Waals surface area contributed by atoms with Gasteiger partial charge in [0.25, 0.3) is 0 Å². The molecule has 0 amide bonds. The van der Waals surface area contributed by atoms with Crippen molar-refractivity contribution in [1.29, 1.82) is 0 Å². The molecule has 0 aromatic rings. The number of carbonyl (C=O) groups excluding carboxylic acids is 1. The Morgan fingerprint density at radius 3 is 2.33 bits per heavy atom. The van der Waals surface area contributed by atoms with Gasteiger partial charge in [-0.05, 0) is 25.9 Å².